The molecule has 0 bridgehead atoms. The minimum Gasteiger partial charge on any atom is -0.484 e. The highest BCUT2D eigenvalue weighted by atomic mass is 32.1. The molecule has 1 aromatic carbocycles. The zero-order valence-electron chi connectivity index (χ0n) is 15.5. The third kappa shape index (κ3) is 7.46. The van der Waals surface area contributed by atoms with Crippen molar-refractivity contribution >= 4 is 17.3 Å². The Morgan fingerprint density at radius 2 is 2.04 bits per heavy atom. The Balaban J connectivity index is 1.89. The summed E-state index contributed by atoms with van der Waals surface area (Å²) in [6.07, 6.45) is -1.77. The van der Waals surface area contributed by atoms with Crippen LogP contribution in [-0.2, 0) is 13.0 Å². The Kier molecular flexibility index (Phi) is 7.46. The van der Waals surface area contributed by atoms with Gasteiger partial charge in [0.25, 0.3) is 0 Å². The summed E-state index contributed by atoms with van der Waals surface area (Å²) in [5.74, 6) is 0.777. The quantitative estimate of drug-likeness (QED) is 0.551. The summed E-state index contributed by atoms with van der Waals surface area (Å²) in [4.78, 5) is 9.60. The maximum absolute atomic E-state index is 12.4. The first kappa shape index (κ1) is 21.0. The Bertz CT molecular complexity index is 774. The highest BCUT2D eigenvalue weighted by Crippen LogP contribution is 2.23. The van der Waals surface area contributed by atoms with Crippen LogP contribution in [0.25, 0.3) is 0 Å². The molecule has 2 aromatic rings. The number of benzene rings is 1. The van der Waals surface area contributed by atoms with Crippen molar-refractivity contribution < 1.29 is 17.9 Å². The monoisotopic (exact) mass is 400 g/mol. The standard InChI is InChI=1S/C18H23F3N4OS/c1-12-4-5-14(15(8-12)26-11-18(19,20)21)10-25-17(22-3)23-7-6-16-24-9-13(2)27-16/h4-5,8-9H,6-7,10-11H2,1-3H3,(H2,22,23,25). The molecule has 27 heavy (non-hydrogen) atoms. The van der Waals surface area contributed by atoms with Gasteiger partial charge in [-0.1, -0.05) is 12.1 Å². The molecule has 0 atom stereocenters. The number of aryl methyl sites for hydroxylation is 2. The lowest BCUT2D eigenvalue weighted by molar-refractivity contribution is -0.153. The normalized spacial score (nSPS) is 12.1. The fourth-order valence-electron chi connectivity index (χ4n) is 2.31. The second-order valence-electron chi connectivity index (χ2n) is 5.98. The van der Waals surface area contributed by atoms with Crippen LogP contribution in [-0.4, -0.2) is 37.3 Å². The number of hydrogen-bond donors (Lipinski definition) is 2. The van der Waals surface area contributed by atoms with Gasteiger partial charge in [-0.15, -0.1) is 11.3 Å². The topological polar surface area (TPSA) is 58.5 Å². The molecule has 0 unspecified atom stereocenters. The fourth-order valence-corrected chi connectivity index (χ4v) is 3.09. The molecule has 0 aliphatic rings. The molecule has 0 saturated heterocycles. The molecule has 5 nitrogen and oxygen atoms in total. The van der Waals surface area contributed by atoms with Crippen molar-refractivity contribution in [1.82, 2.24) is 15.6 Å². The summed E-state index contributed by atoms with van der Waals surface area (Å²) < 4.78 is 42.3. The van der Waals surface area contributed by atoms with E-state index in [0.717, 1.165) is 17.0 Å². The number of thiazole rings is 1. The molecule has 148 valence electrons. The number of rotatable bonds is 7. The van der Waals surface area contributed by atoms with Crippen LogP contribution in [0.4, 0.5) is 13.2 Å². The summed E-state index contributed by atoms with van der Waals surface area (Å²) in [5, 5.41) is 7.30. The van der Waals surface area contributed by atoms with E-state index >= 15 is 0 Å². The van der Waals surface area contributed by atoms with Gasteiger partial charge >= 0.3 is 6.18 Å². The van der Waals surface area contributed by atoms with E-state index in [-0.39, 0.29) is 5.75 Å². The maximum Gasteiger partial charge on any atom is 0.422 e. The molecule has 2 rings (SSSR count). The summed E-state index contributed by atoms with van der Waals surface area (Å²) >= 11 is 1.65. The molecule has 0 aliphatic heterocycles. The van der Waals surface area contributed by atoms with Gasteiger partial charge in [-0.2, -0.15) is 13.2 Å². The van der Waals surface area contributed by atoms with Gasteiger partial charge < -0.3 is 15.4 Å². The van der Waals surface area contributed by atoms with Crippen LogP contribution in [0.2, 0.25) is 0 Å². The number of nitrogens with zero attached hydrogens (tertiary/aromatic N) is 2. The van der Waals surface area contributed by atoms with E-state index in [1.54, 1.807) is 37.4 Å². The second-order valence-corrected chi connectivity index (χ2v) is 7.30. The van der Waals surface area contributed by atoms with Crippen LogP contribution in [0.15, 0.2) is 29.4 Å². The average molecular weight is 400 g/mol. The summed E-state index contributed by atoms with van der Waals surface area (Å²) in [6, 6.07) is 5.18. The summed E-state index contributed by atoms with van der Waals surface area (Å²) in [6.45, 7) is 3.44. The molecule has 9 heteroatoms. The molecule has 0 radical (unpaired) electrons. The van der Waals surface area contributed by atoms with Crippen LogP contribution in [0.1, 0.15) is 21.0 Å². The van der Waals surface area contributed by atoms with Gasteiger partial charge in [-0.3, -0.25) is 4.99 Å². The van der Waals surface area contributed by atoms with Crippen LogP contribution in [0.5, 0.6) is 5.75 Å². The molecule has 0 aliphatic carbocycles. The largest absolute Gasteiger partial charge is 0.484 e. The fraction of sp³-hybridized carbons (Fsp3) is 0.444. The molecule has 0 amide bonds. The Morgan fingerprint density at radius 1 is 1.26 bits per heavy atom. The van der Waals surface area contributed by atoms with Crippen LogP contribution in [0, 0.1) is 13.8 Å². The first-order valence-corrected chi connectivity index (χ1v) is 9.23. The van der Waals surface area contributed by atoms with Gasteiger partial charge in [0, 0.05) is 43.2 Å². The molecular weight excluding hydrogens is 377 g/mol. The average Bonchev–Trinajstić information content (AvgIpc) is 3.01. The Hall–Kier alpha value is -2.29. The van der Waals surface area contributed by atoms with Gasteiger partial charge in [0.15, 0.2) is 12.6 Å². The van der Waals surface area contributed by atoms with Crippen LogP contribution >= 0.6 is 11.3 Å². The van der Waals surface area contributed by atoms with E-state index in [1.807, 2.05) is 19.2 Å². The predicted octanol–water partition coefficient (Wildman–Crippen LogP) is 3.61. The number of hydrogen-bond acceptors (Lipinski definition) is 4. The summed E-state index contributed by atoms with van der Waals surface area (Å²) in [7, 11) is 1.64. The molecule has 0 fully saturated rings. The van der Waals surface area contributed by atoms with Crippen molar-refractivity contribution in [1.29, 1.82) is 0 Å². The summed E-state index contributed by atoms with van der Waals surface area (Å²) in [5.41, 5.74) is 1.46. The van der Waals surface area contributed by atoms with E-state index in [4.69, 9.17) is 4.74 Å². The number of halogens is 3. The van der Waals surface area contributed by atoms with Crippen molar-refractivity contribution in [3.05, 3.63) is 45.4 Å². The number of guanidine groups is 1. The number of alkyl halides is 3. The van der Waals surface area contributed by atoms with Gasteiger partial charge in [0.1, 0.15) is 5.75 Å². The smallest absolute Gasteiger partial charge is 0.422 e. The lowest BCUT2D eigenvalue weighted by atomic mass is 10.1. The van der Waals surface area contributed by atoms with Crippen LogP contribution in [0.3, 0.4) is 0 Å². The molecule has 2 N–H and O–H groups in total. The van der Waals surface area contributed by atoms with Crippen molar-refractivity contribution in [3.63, 3.8) is 0 Å². The number of aromatic nitrogens is 1. The second kappa shape index (κ2) is 9.59. The van der Waals surface area contributed by atoms with Crippen molar-refractivity contribution in [3.8, 4) is 5.75 Å². The molecular formula is C18H23F3N4OS. The minimum atomic E-state index is -4.37. The lowest BCUT2D eigenvalue weighted by Gasteiger charge is -2.16. The van der Waals surface area contributed by atoms with E-state index in [2.05, 4.69) is 20.6 Å². The zero-order valence-corrected chi connectivity index (χ0v) is 16.3. The van der Waals surface area contributed by atoms with Crippen molar-refractivity contribution in [2.24, 2.45) is 4.99 Å². The first-order valence-electron chi connectivity index (χ1n) is 8.42. The van der Waals surface area contributed by atoms with Gasteiger partial charge in [0.05, 0.1) is 5.01 Å². The minimum absolute atomic E-state index is 0.216. The SMILES string of the molecule is CN=C(NCCc1ncc(C)s1)NCc1ccc(C)cc1OCC(F)(F)F. The van der Waals surface area contributed by atoms with Crippen LogP contribution < -0.4 is 15.4 Å². The van der Waals surface area contributed by atoms with E-state index < -0.39 is 12.8 Å². The van der Waals surface area contributed by atoms with E-state index in [1.165, 1.54) is 4.88 Å². The van der Waals surface area contributed by atoms with Crippen molar-refractivity contribution in [2.45, 2.75) is 33.0 Å². The molecule has 0 spiro atoms. The zero-order chi connectivity index (χ0) is 19.9. The van der Waals surface area contributed by atoms with Gasteiger partial charge in [-0.25, -0.2) is 4.98 Å². The number of ether oxygens (including phenoxy) is 1. The number of nitrogens with one attached hydrogen (secondary N) is 2. The maximum atomic E-state index is 12.4. The third-order valence-electron chi connectivity index (χ3n) is 3.58. The Morgan fingerprint density at radius 3 is 2.67 bits per heavy atom. The third-order valence-corrected chi connectivity index (χ3v) is 4.56. The number of aliphatic imine (C=N–C) groups is 1. The Labute approximate surface area is 160 Å². The first-order chi connectivity index (χ1) is 12.8. The van der Waals surface area contributed by atoms with E-state index in [0.29, 0.717) is 24.6 Å². The van der Waals surface area contributed by atoms with Crippen molar-refractivity contribution in [2.75, 3.05) is 20.2 Å². The van der Waals surface area contributed by atoms with E-state index in [9.17, 15) is 13.2 Å². The van der Waals surface area contributed by atoms with Gasteiger partial charge in [-0.05, 0) is 25.5 Å². The molecule has 0 saturated carbocycles. The highest BCUT2D eigenvalue weighted by Gasteiger charge is 2.28. The molecule has 1 aromatic heterocycles. The lowest BCUT2D eigenvalue weighted by Crippen LogP contribution is -2.38. The highest BCUT2D eigenvalue weighted by molar-refractivity contribution is 7.11. The molecule has 1 heterocycles. The predicted molar refractivity (Wildman–Crippen MR) is 101 cm³/mol. The van der Waals surface area contributed by atoms with Gasteiger partial charge in [0.2, 0.25) is 0 Å².